The Morgan fingerprint density at radius 1 is 0.456 bits per heavy atom. The third kappa shape index (κ3) is 46.6. The van der Waals surface area contributed by atoms with Crippen LogP contribution >= 0.6 is 21.6 Å². The van der Waals surface area contributed by atoms with Gasteiger partial charge in [-0.3, -0.25) is 14.5 Å². The smallest absolute Gasteiger partial charge is 0.407 e. The number of nitrogens with zero attached hydrogens (tertiary/aromatic N) is 3. The number of carbonyl (C=O) groups excluding carboxylic acids is 3. The molecule has 0 aliphatic rings. The van der Waals surface area contributed by atoms with Crippen LogP contribution in [-0.4, -0.2) is 129 Å². The van der Waals surface area contributed by atoms with Crippen molar-refractivity contribution in [3.05, 3.63) is 24.3 Å². The van der Waals surface area contributed by atoms with Crippen molar-refractivity contribution in [3.63, 3.8) is 0 Å². The molecular weight excluding hydrogens is 889 g/mol. The van der Waals surface area contributed by atoms with Crippen LogP contribution in [0.25, 0.3) is 0 Å². The average molecular weight is 998 g/mol. The first-order chi connectivity index (χ1) is 33.3. The molecule has 10 nitrogen and oxygen atoms in total. The maximum absolute atomic E-state index is 12.9. The van der Waals surface area contributed by atoms with E-state index in [4.69, 9.17) is 14.2 Å². The Morgan fingerprint density at radius 3 is 1.31 bits per heavy atom. The molecule has 0 saturated carbocycles. The van der Waals surface area contributed by atoms with Crippen LogP contribution < -0.4 is 5.32 Å². The standard InChI is InChI=1S/C56H108N4O6S2/c1-7-13-15-17-19-21-23-25-27-29-31-33-35-37-39-41-54(61)65-52-53(66-55(62)42-40-38-36-34-32-30-28-26-24-22-20-18-16-14-8-2)51-57-56(63)64-48-50-68-67-49-47-60(45-43-58(9-3)10-4)46-44-59(11-5)12-6/h25-28,53H,7-24,29-52H2,1-6H3,(H,57,63)/b27-25-,28-26-. The number of allylic oxidation sites excluding steroid dienone is 4. The van der Waals surface area contributed by atoms with Crippen molar-refractivity contribution in [3.8, 4) is 0 Å². The van der Waals surface area contributed by atoms with Gasteiger partial charge in [-0.1, -0.05) is 190 Å². The lowest BCUT2D eigenvalue weighted by atomic mass is 10.1. The second-order valence-corrected chi connectivity index (χ2v) is 21.2. The van der Waals surface area contributed by atoms with Crippen LogP contribution in [0.1, 0.15) is 221 Å². The lowest BCUT2D eigenvalue weighted by Gasteiger charge is -2.28. The molecule has 12 heteroatoms. The number of ether oxygens (including phenoxy) is 3. The molecule has 0 aliphatic carbocycles. The zero-order chi connectivity index (χ0) is 49.8. The summed E-state index contributed by atoms with van der Waals surface area (Å²) in [6.07, 6.45) is 39.7. The zero-order valence-electron chi connectivity index (χ0n) is 45.2. The minimum Gasteiger partial charge on any atom is -0.462 e. The van der Waals surface area contributed by atoms with Crippen LogP contribution in [0.5, 0.6) is 0 Å². The minimum atomic E-state index is -0.771. The largest absolute Gasteiger partial charge is 0.462 e. The number of unbranched alkanes of at least 4 members (excludes halogenated alkanes) is 22. The van der Waals surface area contributed by atoms with E-state index in [0.717, 1.165) is 129 Å². The predicted molar refractivity (Wildman–Crippen MR) is 296 cm³/mol. The van der Waals surface area contributed by atoms with E-state index in [-0.39, 0.29) is 31.7 Å². The van der Waals surface area contributed by atoms with Crippen molar-refractivity contribution in [1.82, 2.24) is 20.0 Å². The second-order valence-electron chi connectivity index (χ2n) is 18.5. The van der Waals surface area contributed by atoms with Gasteiger partial charge in [0.05, 0.1) is 6.54 Å². The molecule has 0 aromatic heterocycles. The molecule has 0 fully saturated rings. The highest BCUT2D eigenvalue weighted by molar-refractivity contribution is 8.76. The Bertz CT molecular complexity index is 1160. The van der Waals surface area contributed by atoms with E-state index >= 15 is 0 Å². The minimum absolute atomic E-state index is 0.0241. The molecule has 0 aliphatic heterocycles. The van der Waals surface area contributed by atoms with Gasteiger partial charge in [-0.05, 0) is 90.4 Å². The quantitative estimate of drug-likeness (QED) is 0.0207. The van der Waals surface area contributed by atoms with E-state index in [2.05, 4.69) is 85.9 Å². The van der Waals surface area contributed by atoms with Crippen LogP contribution in [0.3, 0.4) is 0 Å². The SMILES string of the molecule is CCCCCCCC/C=C\CCCCCCCC(=O)OCC(CNC(=O)OCCSSCCN(CCN(CC)CC)CCN(CC)CC)OC(=O)CCCCCCC/C=C\CCCCCCCC. The number of carbonyl (C=O) groups is 3. The molecule has 0 radical (unpaired) electrons. The van der Waals surface area contributed by atoms with E-state index in [0.29, 0.717) is 18.6 Å². The van der Waals surface area contributed by atoms with Gasteiger partial charge in [0.2, 0.25) is 0 Å². The maximum Gasteiger partial charge on any atom is 0.407 e. The van der Waals surface area contributed by atoms with Crippen molar-refractivity contribution >= 4 is 39.6 Å². The van der Waals surface area contributed by atoms with Gasteiger partial charge in [0.1, 0.15) is 13.2 Å². The Kier molecular flexibility index (Phi) is 51.7. The van der Waals surface area contributed by atoms with E-state index < -0.39 is 12.2 Å². The van der Waals surface area contributed by atoms with E-state index in [1.54, 1.807) is 10.8 Å². The van der Waals surface area contributed by atoms with Crippen LogP contribution in [-0.2, 0) is 23.8 Å². The van der Waals surface area contributed by atoms with Gasteiger partial charge < -0.3 is 29.3 Å². The van der Waals surface area contributed by atoms with Gasteiger partial charge in [0.15, 0.2) is 6.10 Å². The van der Waals surface area contributed by atoms with Gasteiger partial charge in [-0.25, -0.2) is 4.79 Å². The first kappa shape index (κ1) is 66.3. The van der Waals surface area contributed by atoms with E-state index in [1.165, 1.54) is 103 Å². The zero-order valence-corrected chi connectivity index (χ0v) is 46.8. The van der Waals surface area contributed by atoms with E-state index in [9.17, 15) is 14.4 Å². The molecule has 0 aromatic carbocycles. The van der Waals surface area contributed by atoms with Crippen LogP contribution in [0.4, 0.5) is 4.79 Å². The fourth-order valence-electron chi connectivity index (χ4n) is 8.00. The lowest BCUT2D eigenvalue weighted by molar-refractivity contribution is -0.158. The number of hydrogen-bond donors (Lipinski definition) is 1. The molecule has 0 aromatic rings. The third-order valence-electron chi connectivity index (χ3n) is 12.7. The summed E-state index contributed by atoms with van der Waals surface area (Å²) in [7, 11) is 3.54. The summed E-state index contributed by atoms with van der Waals surface area (Å²) in [5.41, 5.74) is 0. The van der Waals surface area contributed by atoms with Crippen molar-refractivity contribution < 1.29 is 28.6 Å². The molecule has 1 N–H and O–H groups in total. The van der Waals surface area contributed by atoms with Crippen molar-refractivity contribution in [2.75, 3.05) is 90.2 Å². The Hall–Kier alpha value is -1.73. The Labute approximate surface area is 428 Å². The number of rotatable bonds is 52. The molecule has 1 atom stereocenters. The highest BCUT2D eigenvalue weighted by Crippen LogP contribution is 2.21. The fraction of sp³-hybridized carbons (Fsp3) is 0.875. The van der Waals surface area contributed by atoms with Gasteiger partial charge in [0, 0.05) is 57.1 Å². The van der Waals surface area contributed by atoms with Crippen LogP contribution in [0, 0.1) is 0 Å². The Balaban J connectivity index is 4.67. The first-order valence-corrected chi connectivity index (χ1v) is 30.8. The number of hydrogen-bond acceptors (Lipinski definition) is 11. The summed E-state index contributed by atoms with van der Waals surface area (Å²) in [6.45, 7) is 23.3. The summed E-state index contributed by atoms with van der Waals surface area (Å²) in [6, 6.07) is 0. The Morgan fingerprint density at radius 2 is 0.853 bits per heavy atom. The van der Waals surface area contributed by atoms with Crippen LogP contribution in [0.15, 0.2) is 24.3 Å². The number of esters is 2. The van der Waals surface area contributed by atoms with Crippen LogP contribution in [0.2, 0.25) is 0 Å². The van der Waals surface area contributed by atoms with Crippen molar-refractivity contribution in [1.29, 1.82) is 0 Å². The second kappa shape index (κ2) is 53.1. The van der Waals surface area contributed by atoms with E-state index in [1.807, 2.05) is 10.8 Å². The topological polar surface area (TPSA) is 101 Å². The summed E-state index contributed by atoms with van der Waals surface area (Å²) in [5, 5.41) is 2.75. The monoisotopic (exact) mass is 997 g/mol. The molecule has 1 amide bonds. The van der Waals surface area contributed by atoms with Gasteiger partial charge in [0.25, 0.3) is 0 Å². The normalized spacial score (nSPS) is 12.3. The van der Waals surface area contributed by atoms with Gasteiger partial charge >= 0.3 is 18.0 Å². The first-order valence-electron chi connectivity index (χ1n) is 28.3. The average Bonchev–Trinajstić information content (AvgIpc) is 3.34. The maximum atomic E-state index is 12.9. The summed E-state index contributed by atoms with van der Waals surface area (Å²) >= 11 is 0. The predicted octanol–water partition coefficient (Wildman–Crippen LogP) is 14.6. The lowest BCUT2D eigenvalue weighted by Crippen LogP contribution is -2.40. The van der Waals surface area contributed by atoms with Crippen molar-refractivity contribution in [2.45, 2.75) is 227 Å². The highest BCUT2D eigenvalue weighted by Gasteiger charge is 2.19. The third-order valence-corrected chi connectivity index (χ3v) is 15.1. The fourth-order valence-corrected chi connectivity index (χ4v) is 9.85. The molecule has 0 rings (SSSR count). The summed E-state index contributed by atoms with van der Waals surface area (Å²) < 4.78 is 16.8. The van der Waals surface area contributed by atoms with Gasteiger partial charge in [-0.15, -0.1) is 0 Å². The number of amides is 1. The number of likely N-dealkylation sites (N-methyl/N-ethyl adjacent to an activating group) is 2. The summed E-state index contributed by atoms with van der Waals surface area (Å²) in [5.74, 6) is 1.06. The molecular formula is C56H108N4O6S2. The van der Waals surface area contributed by atoms with Gasteiger partial charge in [-0.2, -0.15) is 0 Å². The molecule has 400 valence electrons. The molecule has 1 unspecified atom stereocenters. The number of alkyl carbamates (subject to hydrolysis) is 1. The van der Waals surface area contributed by atoms with Crippen molar-refractivity contribution in [2.24, 2.45) is 0 Å². The molecule has 0 saturated heterocycles. The molecule has 0 spiro atoms. The summed E-state index contributed by atoms with van der Waals surface area (Å²) in [4.78, 5) is 45.8. The highest BCUT2D eigenvalue weighted by atomic mass is 33.1. The molecule has 68 heavy (non-hydrogen) atoms. The molecule has 0 heterocycles. The molecule has 0 bridgehead atoms. The number of nitrogens with one attached hydrogen (secondary N) is 1.